The predicted molar refractivity (Wildman–Crippen MR) is 80.5 cm³/mol. The molecule has 2 aromatic rings. The molecule has 2 rings (SSSR count). The predicted octanol–water partition coefficient (Wildman–Crippen LogP) is 3.01. The van der Waals surface area contributed by atoms with E-state index in [1.54, 1.807) is 0 Å². The van der Waals surface area contributed by atoms with Gasteiger partial charge in [-0.3, -0.25) is 0 Å². The van der Waals surface area contributed by atoms with Crippen LogP contribution in [-0.4, -0.2) is 15.1 Å². The van der Waals surface area contributed by atoms with Crippen LogP contribution in [0, 0.1) is 6.92 Å². The monoisotopic (exact) mass is 271 g/mol. The molecule has 2 N–H and O–H groups in total. The van der Waals surface area contributed by atoms with E-state index in [0.29, 0.717) is 18.4 Å². The highest BCUT2D eigenvalue weighted by Crippen LogP contribution is 2.15. The first-order chi connectivity index (χ1) is 9.58. The van der Waals surface area contributed by atoms with Crippen LogP contribution in [0.25, 0.3) is 0 Å². The Hall–Kier alpha value is -1.94. The molecule has 0 radical (unpaired) electrons. The molecule has 0 fully saturated rings. The topological polar surface area (TPSA) is 58.0 Å². The largest absolute Gasteiger partial charge is 0.392 e. The average molecular weight is 271 g/mol. The van der Waals surface area contributed by atoms with Crippen molar-refractivity contribution in [2.75, 3.05) is 5.32 Å². The number of rotatable bonds is 5. The molecule has 4 heteroatoms. The van der Waals surface area contributed by atoms with E-state index in [-0.39, 0.29) is 6.61 Å². The summed E-state index contributed by atoms with van der Waals surface area (Å²) in [4.78, 5) is 8.92. The lowest BCUT2D eigenvalue weighted by Crippen LogP contribution is -2.07. The summed E-state index contributed by atoms with van der Waals surface area (Å²) in [6.45, 7) is 6.93. The minimum atomic E-state index is 0.0618. The van der Waals surface area contributed by atoms with E-state index in [1.165, 1.54) is 0 Å². The molecule has 0 aliphatic carbocycles. The van der Waals surface area contributed by atoms with Gasteiger partial charge in [0.25, 0.3) is 0 Å². The smallest absolute Gasteiger partial charge is 0.223 e. The lowest BCUT2D eigenvalue weighted by molar-refractivity contribution is 0.281. The van der Waals surface area contributed by atoms with Crippen LogP contribution in [0.4, 0.5) is 5.95 Å². The molecule has 1 aromatic heterocycles. The minimum absolute atomic E-state index is 0.0618. The van der Waals surface area contributed by atoms with E-state index in [4.69, 9.17) is 5.11 Å². The maximum atomic E-state index is 9.14. The van der Waals surface area contributed by atoms with Gasteiger partial charge in [0.2, 0.25) is 5.95 Å². The van der Waals surface area contributed by atoms with Crippen LogP contribution in [0.2, 0.25) is 0 Å². The fourth-order valence-electron chi connectivity index (χ4n) is 1.99. The Balaban J connectivity index is 2.10. The lowest BCUT2D eigenvalue weighted by Gasteiger charge is -2.10. The Kier molecular flexibility index (Phi) is 4.69. The van der Waals surface area contributed by atoms with Gasteiger partial charge in [-0.2, -0.15) is 0 Å². The fraction of sp³-hybridized carbons (Fsp3) is 0.375. The Bertz CT molecular complexity index is 582. The molecule has 1 aromatic carbocycles. The summed E-state index contributed by atoms with van der Waals surface area (Å²) in [5.41, 5.74) is 4.03. The molecule has 0 saturated carbocycles. The second kappa shape index (κ2) is 6.48. The van der Waals surface area contributed by atoms with E-state index < -0.39 is 0 Å². The van der Waals surface area contributed by atoms with Crippen LogP contribution in [0.3, 0.4) is 0 Å². The van der Waals surface area contributed by atoms with E-state index in [9.17, 15) is 0 Å². The average Bonchev–Trinajstić information content (AvgIpc) is 2.44. The molecule has 0 amide bonds. The molecule has 0 saturated heterocycles. The van der Waals surface area contributed by atoms with E-state index >= 15 is 0 Å². The van der Waals surface area contributed by atoms with Gasteiger partial charge in [0.1, 0.15) is 0 Å². The summed E-state index contributed by atoms with van der Waals surface area (Å²) in [5, 5.41) is 12.4. The zero-order valence-electron chi connectivity index (χ0n) is 12.2. The Morgan fingerprint density at radius 3 is 2.60 bits per heavy atom. The van der Waals surface area contributed by atoms with Gasteiger partial charge >= 0.3 is 0 Å². The molecule has 20 heavy (non-hydrogen) atoms. The van der Waals surface area contributed by atoms with Crippen molar-refractivity contribution >= 4 is 5.95 Å². The number of aryl methyl sites for hydroxylation is 1. The van der Waals surface area contributed by atoms with Crippen LogP contribution in [0.1, 0.15) is 42.3 Å². The van der Waals surface area contributed by atoms with Crippen molar-refractivity contribution in [2.24, 2.45) is 0 Å². The Morgan fingerprint density at radius 1 is 1.15 bits per heavy atom. The number of aliphatic hydroxyl groups excluding tert-OH is 1. The second-order valence-electron chi connectivity index (χ2n) is 5.24. The normalized spacial score (nSPS) is 10.8. The molecule has 0 bridgehead atoms. The van der Waals surface area contributed by atoms with Gasteiger partial charge in [0, 0.05) is 17.9 Å². The summed E-state index contributed by atoms with van der Waals surface area (Å²) in [5.74, 6) is 1.04. The van der Waals surface area contributed by atoms with Gasteiger partial charge in [-0.15, -0.1) is 0 Å². The summed E-state index contributed by atoms with van der Waals surface area (Å²) >= 11 is 0. The van der Waals surface area contributed by atoms with Gasteiger partial charge in [0.15, 0.2) is 0 Å². The molecule has 0 aliphatic rings. The zero-order chi connectivity index (χ0) is 14.5. The standard InChI is InChI=1S/C16H21N3O/c1-11(2)15-7-12(3)18-16(19-15)17-9-13-5-4-6-14(8-13)10-20/h4-8,11,20H,9-10H2,1-3H3,(H,17,18,19). The number of hydrogen-bond acceptors (Lipinski definition) is 4. The van der Waals surface area contributed by atoms with Crippen molar-refractivity contribution in [3.05, 3.63) is 52.8 Å². The number of nitrogens with zero attached hydrogens (tertiary/aromatic N) is 2. The molecule has 106 valence electrons. The SMILES string of the molecule is Cc1cc(C(C)C)nc(NCc2cccc(CO)c2)n1. The quantitative estimate of drug-likeness (QED) is 0.877. The van der Waals surface area contributed by atoms with Crippen molar-refractivity contribution < 1.29 is 5.11 Å². The molecule has 4 nitrogen and oxygen atoms in total. The first-order valence-electron chi connectivity index (χ1n) is 6.86. The first kappa shape index (κ1) is 14.5. The van der Waals surface area contributed by atoms with Crippen LogP contribution in [0.15, 0.2) is 30.3 Å². The highest BCUT2D eigenvalue weighted by molar-refractivity contribution is 5.32. The van der Waals surface area contributed by atoms with Crippen LogP contribution >= 0.6 is 0 Å². The van der Waals surface area contributed by atoms with Crippen molar-refractivity contribution in [2.45, 2.75) is 39.8 Å². The maximum Gasteiger partial charge on any atom is 0.223 e. The second-order valence-corrected chi connectivity index (χ2v) is 5.24. The molecular formula is C16H21N3O. The summed E-state index contributed by atoms with van der Waals surface area (Å²) < 4.78 is 0. The molecule has 0 atom stereocenters. The zero-order valence-corrected chi connectivity index (χ0v) is 12.2. The van der Waals surface area contributed by atoms with Crippen molar-refractivity contribution in [1.82, 2.24) is 9.97 Å². The molecule has 0 spiro atoms. The Morgan fingerprint density at radius 2 is 1.90 bits per heavy atom. The number of anilines is 1. The molecular weight excluding hydrogens is 250 g/mol. The van der Waals surface area contributed by atoms with Gasteiger partial charge < -0.3 is 10.4 Å². The van der Waals surface area contributed by atoms with Crippen molar-refractivity contribution in [1.29, 1.82) is 0 Å². The van der Waals surface area contributed by atoms with Gasteiger partial charge in [0.05, 0.1) is 6.61 Å². The van der Waals surface area contributed by atoms with Crippen molar-refractivity contribution in [3.63, 3.8) is 0 Å². The highest BCUT2D eigenvalue weighted by atomic mass is 16.3. The van der Waals surface area contributed by atoms with E-state index in [1.807, 2.05) is 37.3 Å². The summed E-state index contributed by atoms with van der Waals surface area (Å²) in [7, 11) is 0. The molecule has 0 unspecified atom stereocenters. The molecule has 1 heterocycles. The summed E-state index contributed by atoms with van der Waals surface area (Å²) in [6.07, 6.45) is 0. The van der Waals surface area contributed by atoms with Gasteiger partial charge in [-0.05, 0) is 30.0 Å². The van der Waals surface area contributed by atoms with E-state index in [2.05, 4.69) is 29.1 Å². The van der Waals surface area contributed by atoms with E-state index in [0.717, 1.165) is 22.5 Å². The number of benzene rings is 1. The van der Waals surface area contributed by atoms with Crippen LogP contribution < -0.4 is 5.32 Å². The fourth-order valence-corrected chi connectivity index (χ4v) is 1.99. The van der Waals surface area contributed by atoms with Crippen LogP contribution in [-0.2, 0) is 13.2 Å². The highest BCUT2D eigenvalue weighted by Gasteiger charge is 2.05. The van der Waals surface area contributed by atoms with Crippen molar-refractivity contribution in [3.8, 4) is 0 Å². The van der Waals surface area contributed by atoms with Gasteiger partial charge in [-0.25, -0.2) is 9.97 Å². The Labute approximate surface area is 119 Å². The lowest BCUT2D eigenvalue weighted by atomic mass is 10.1. The number of nitrogens with one attached hydrogen (secondary N) is 1. The third kappa shape index (κ3) is 3.78. The first-order valence-corrected chi connectivity index (χ1v) is 6.86. The third-order valence-corrected chi connectivity index (χ3v) is 3.09. The van der Waals surface area contributed by atoms with Crippen LogP contribution in [0.5, 0.6) is 0 Å². The van der Waals surface area contributed by atoms with Gasteiger partial charge in [-0.1, -0.05) is 38.1 Å². The number of hydrogen-bond donors (Lipinski definition) is 2. The maximum absolute atomic E-state index is 9.14. The number of aliphatic hydroxyl groups is 1. The minimum Gasteiger partial charge on any atom is -0.392 e. The third-order valence-electron chi connectivity index (χ3n) is 3.09. The molecule has 0 aliphatic heterocycles. The number of aromatic nitrogens is 2. The summed E-state index contributed by atoms with van der Waals surface area (Å²) in [6, 6.07) is 9.86.